The van der Waals surface area contributed by atoms with Gasteiger partial charge in [0.2, 0.25) is 11.8 Å². The molecular formula is C15H20N4O2. The Morgan fingerprint density at radius 2 is 1.90 bits per heavy atom. The van der Waals surface area contributed by atoms with Gasteiger partial charge in [-0.25, -0.2) is 0 Å². The van der Waals surface area contributed by atoms with Gasteiger partial charge in [-0.1, -0.05) is 5.16 Å². The van der Waals surface area contributed by atoms with Crippen molar-refractivity contribution < 1.29 is 9.32 Å². The van der Waals surface area contributed by atoms with Gasteiger partial charge in [0.1, 0.15) is 0 Å². The lowest BCUT2D eigenvalue weighted by Crippen LogP contribution is -2.21. The smallest absolute Gasteiger partial charge is 0.232 e. The van der Waals surface area contributed by atoms with Gasteiger partial charge in [0.05, 0.1) is 6.42 Å². The minimum atomic E-state index is -0.161. The van der Waals surface area contributed by atoms with Crippen molar-refractivity contribution in [3.05, 3.63) is 36.0 Å². The maximum Gasteiger partial charge on any atom is 0.232 e. The molecule has 6 nitrogen and oxygen atoms in total. The number of rotatable bonds is 6. The topological polar surface area (TPSA) is 71.3 Å². The fourth-order valence-corrected chi connectivity index (χ4v) is 2.11. The highest BCUT2D eigenvalue weighted by Crippen LogP contribution is 2.17. The van der Waals surface area contributed by atoms with Crippen LogP contribution in [-0.2, 0) is 11.2 Å². The van der Waals surface area contributed by atoms with Crippen LogP contribution in [-0.4, -0.2) is 29.1 Å². The second-order valence-corrected chi connectivity index (χ2v) is 4.67. The van der Waals surface area contributed by atoms with E-state index in [9.17, 15) is 4.79 Å². The van der Waals surface area contributed by atoms with Crippen LogP contribution in [0.4, 0.5) is 11.4 Å². The molecule has 0 saturated heterocycles. The molecule has 0 aliphatic rings. The van der Waals surface area contributed by atoms with E-state index in [2.05, 4.69) is 34.2 Å². The Bertz CT molecular complexity index is 588. The van der Waals surface area contributed by atoms with Crippen molar-refractivity contribution >= 4 is 17.3 Å². The molecule has 112 valence electrons. The summed E-state index contributed by atoms with van der Waals surface area (Å²) < 4.78 is 4.84. The van der Waals surface area contributed by atoms with E-state index in [1.165, 1.54) is 0 Å². The lowest BCUT2D eigenvalue weighted by molar-refractivity contribution is -0.115. The van der Waals surface area contributed by atoms with Crippen LogP contribution in [0.25, 0.3) is 0 Å². The van der Waals surface area contributed by atoms with E-state index in [0.717, 1.165) is 24.5 Å². The van der Waals surface area contributed by atoms with E-state index < -0.39 is 0 Å². The van der Waals surface area contributed by atoms with Crippen LogP contribution in [0.5, 0.6) is 0 Å². The van der Waals surface area contributed by atoms with Crippen LogP contribution in [0.15, 0.2) is 28.8 Å². The predicted octanol–water partition coefficient (Wildman–Crippen LogP) is 2.41. The van der Waals surface area contributed by atoms with Gasteiger partial charge in [-0.05, 0) is 38.1 Å². The first-order valence-electron chi connectivity index (χ1n) is 7.06. The first-order chi connectivity index (χ1) is 10.1. The van der Waals surface area contributed by atoms with Crippen LogP contribution < -0.4 is 10.2 Å². The van der Waals surface area contributed by atoms with Crippen LogP contribution in [0.3, 0.4) is 0 Å². The van der Waals surface area contributed by atoms with Crippen molar-refractivity contribution in [2.75, 3.05) is 23.3 Å². The number of hydrogen-bond donors (Lipinski definition) is 1. The SMILES string of the molecule is CCN(CC)c1ccc(NC(=O)Cc2noc(C)n2)cc1. The Balaban J connectivity index is 1.95. The normalized spacial score (nSPS) is 10.4. The molecule has 1 heterocycles. The third-order valence-electron chi connectivity index (χ3n) is 3.17. The van der Waals surface area contributed by atoms with Gasteiger partial charge in [-0.3, -0.25) is 4.79 Å². The summed E-state index contributed by atoms with van der Waals surface area (Å²) in [6.07, 6.45) is 0.106. The van der Waals surface area contributed by atoms with E-state index in [0.29, 0.717) is 11.7 Å². The van der Waals surface area contributed by atoms with Crippen LogP contribution in [0, 0.1) is 6.92 Å². The van der Waals surface area contributed by atoms with Gasteiger partial charge in [-0.2, -0.15) is 4.98 Å². The first kappa shape index (κ1) is 15.0. The minimum Gasteiger partial charge on any atom is -0.372 e. The van der Waals surface area contributed by atoms with Crippen molar-refractivity contribution in [3.8, 4) is 0 Å². The molecule has 1 aromatic heterocycles. The molecule has 0 bridgehead atoms. The van der Waals surface area contributed by atoms with Crippen LogP contribution >= 0.6 is 0 Å². The zero-order valence-electron chi connectivity index (χ0n) is 12.6. The number of aryl methyl sites for hydroxylation is 1. The Kier molecular flexibility index (Phi) is 4.92. The first-order valence-corrected chi connectivity index (χ1v) is 7.06. The molecule has 0 unspecified atom stereocenters. The molecule has 0 saturated carbocycles. The molecular weight excluding hydrogens is 268 g/mol. The number of nitrogens with one attached hydrogen (secondary N) is 1. The zero-order chi connectivity index (χ0) is 15.2. The third-order valence-corrected chi connectivity index (χ3v) is 3.17. The van der Waals surface area contributed by atoms with E-state index in [4.69, 9.17) is 4.52 Å². The van der Waals surface area contributed by atoms with Gasteiger partial charge in [0, 0.05) is 31.4 Å². The van der Waals surface area contributed by atoms with Gasteiger partial charge in [0.25, 0.3) is 0 Å². The Morgan fingerprint density at radius 3 is 2.43 bits per heavy atom. The molecule has 0 aliphatic heterocycles. The van der Waals surface area contributed by atoms with Crippen LogP contribution in [0.1, 0.15) is 25.6 Å². The van der Waals surface area contributed by atoms with E-state index >= 15 is 0 Å². The standard InChI is InChI=1S/C15H20N4O2/c1-4-19(5-2)13-8-6-12(7-9-13)17-15(20)10-14-16-11(3)21-18-14/h6-9H,4-5,10H2,1-3H3,(H,17,20). The monoisotopic (exact) mass is 288 g/mol. The molecule has 0 atom stereocenters. The van der Waals surface area contributed by atoms with Gasteiger partial charge < -0.3 is 14.7 Å². The summed E-state index contributed by atoms with van der Waals surface area (Å²) in [4.78, 5) is 18.1. The Morgan fingerprint density at radius 1 is 1.24 bits per heavy atom. The fourth-order valence-electron chi connectivity index (χ4n) is 2.11. The molecule has 1 N–H and O–H groups in total. The second-order valence-electron chi connectivity index (χ2n) is 4.67. The zero-order valence-corrected chi connectivity index (χ0v) is 12.6. The molecule has 21 heavy (non-hydrogen) atoms. The lowest BCUT2D eigenvalue weighted by atomic mass is 10.2. The van der Waals surface area contributed by atoms with Crippen molar-refractivity contribution in [3.63, 3.8) is 0 Å². The van der Waals surface area contributed by atoms with Gasteiger partial charge in [0.15, 0.2) is 5.82 Å². The summed E-state index contributed by atoms with van der Waals surface area (Å²) in [7, 11) is 0. The lowest BCUT2D eigenvalue weighted by Gasteiger charge is -2.21. The van der Waals surface area contributed by atoms with E-state index in [1.54, 1.807) is 6.92 Å². The molecule has 1 amide bonds. The number of benzene rings is 1. The number of carbonyl (C=O) groups excluding carboxylic acids is 1. The predicted molar refractivity (Wildman–Crippen MR) is 81.4 cm³/mol. The summed E-state index contributed by atoms with van der Waals surface area (Å²) >= 11 is 0. The van der Waals surface area contributed by atoms with Crippen LogP contribution in [0.2, 0.25) is 0 Å². The number of aromatic nitrogens is 2. The van der Waals surface area contributed by atoms with Gasteiger partial charge >= 0.3 is 0 Å². The minimum absolute atomic E-state index is 0.106. The Labute approximate surface area is 124 Å². The maximum atomic E-state index is 11.9. The highest BCUT2D eigenvalue weighted by atomic mass is 16.5. The number of hydrogen-bond acceptors (Lipinski definition) is 5. The summed E-state index contributed by atoms with van der Waals surface area (Å²) in [5.41, 5.74) is 1.91. The summed E-state index contributed by atoms with van der Waals surface area (Å²) in [6, 6.07) is 7.79. The van der Waals surface area contributed by atoms with Crippen molar-refractivity contribution in [1.29, 1.82) is 0 Å². The molecule has 0 spiro atoms. The maximum absolute atomic E-state index is 11.9. The molecule has 0 aliphatic carbocycles. The third kappa shape index (κ3) is 4.05. The quantitative estimate of drug-likeness (QED) is 0.883. The molecule has 2 rings (SSSR count). The highest BCUT2D eigenvalue weighted by Gasteiger charge is 2.09. The van der Waals surface area contributed by atoms with E-state index in [-0.39, 0.29) is 12.3 Å². The van der Waals surface area contributed by atoms with Gasteiger partial charge in [-0.15, -0.1) is 0 Å². The molecule has 6 heteroatoms. The average Bonchev–Trinajstić information content (AvgIpc) is 2.87. The summed E-state index contributed by atoms with van der Waals surface area (Å²) in [5, 5.41) is 6.53. The average molecular weight is 288 g/mol. The molecule has 2 aromatic rings. The Hall–Kier alpha value is -2.37. The van der Waals surface area contributed by atoms with E-state index in [1.807, 2.05) is 24.3 Å². The summed E-state index contributed by atoms with van der Waals surface area (Å²) in [6.45, 7) is 7.84. The fraction of sp³-hybridized carbons (Fsp3) is 0.400. The number of anilines is 2. The number of amides is 1. The number of carbonyl (C=O) groups is 1. The number of nitrogens with zero attached hydrogens (tertiary/aromatic N) is 3. The van der Waals surface area contributed by atoms with Crippen molar-refractivity contribution in [2.24, 2.45) is 0 Å². The second kappa shape index (κ2) is 6.88. The van der Waals surface area contributed by atoms with Crippen molar-refractivity contribution in [2.45, 2.75) is 27.2 Å². The molecule has 0 radical (unpaired) electrons. The molecule has 0 fully saturated rings. The summed E-state index contributed by atoms with van der Waals surface area (Å²) in [5.74, 6) is 0.692. The largest absolute Gasteiger partial charge is 0.372 e. The molecule has 1 aromatic carbocycles. The van der Waals surface area contributed by atoms with Crippen molar-refractivity contribution in [1.82, 2.24) is 10.1 Å². The highest BCUT2D eigenvalue weighted by molar-refractivity contribution is 5.91.